The van der Waals surface area contributed by atoms with Gasteiger partial charge in [0.25, 0.3) is 11.8 Å². The fourth-order valence-electron chi connectivity index (χ4n) is 1.95. The normalized spacial score (nSPS) is 15.3. The molecule has 0 aromatic heterocycles. The van der Waals surface area contributed by atoms with Crippen molar-refractivity contribution in [2.24, 2.45) is 0 Å². The molecule has 0 bridgehead atoms. The summed E-state index contributed by atoms with van der Waals surface area (Å²) in [6.07, 6.45) is 0. The molecule has 1 N–H and O–H groups in total. The smallest absolute Gasteiger partial charge is 0.267 e. The number of carbonyl (C=O) groups is 2. The average molecular weight is 286 g/mol. The van der Waals surface area contributed by atoms with E-state index in [1.807, 2.05) is 0 Å². The van der Waals surface area contributed by atoms with Gasteiger partial charge in [0.1, 0.15) is 11.0 Å². The Morgan fingerprint density at radius 3 is 1.85 bits per heavy atom. The van der Waals surface area contributed by atoms with Crippen LogP contribution < -0.4 is 4.83 Å². The molecule has 2 amide bonds. The molecule has 0 fully saturated rings. The van der Waals surface area contributed by atoms with Crippen LogP contribution in [0.25, 0.3) is 0 Å². The molecular formula is C14H10N2O3S. The van der Waals surface area contributed by atoms with Crippen LogP contribution in [0.3, 0.4) is 0 Å². The molecule has 20 heavy (non-hydrogen) atoms. The van der Waals surface area contributed by atoms with Gasteiger partial charge in [-0.1, -0.05) is 30.3 Å². The molecule has 2 aromatic rings. The van der Waals surface area contributed by atoms with Gasteiger partial charge < -0.3 is 0 Å². The molecule has 1 heterocycles. The first-order valence-electron chi connectivity index (χ1n) is 5.89. The van der Waals surface area contributed by atoms with Crippen molar-refractivity contribution in [3.63, 3.8) is 0 Å². The van der Waals surface area contributed by atoms with Crippen molar-refractivity contribution < 1.29 is 13.8 Å². The zero-order valence-electron chi connectivity index (χ0n) is 10.3. The molecule has 0 radical (unpaired) electrons. The topological polar surface area (TPSA) is 66.5 Å². The largest absolute Gasteiger partial charge is 0.276 e. The first-order valence-corrected chi connectivity index (χ1v) is 7.04. The van der Waals surface area contributed by atoms with Crippen LogP contribution >= 0.6 is 0 Å². The molecule has 0 aliphatic carbocycles. The molecule has 6 heteroatoms. The first-order chi connectivity index (χ1) is 9.68. The fraction of sp³-hybridized carbons (Fsp3) is 0. The van der Waals surface area contributed by atoms with Crippen LogP contribution in [0.1, 0.15) is 20.7 Å². The summed E-state index contributed by atoms with van der Waals surface area (Å²) >= 11 is 0. The van der Waals surface area contributed by atoms with E-state index in [9.17, 15) is 13.8 Å². The number of fused-ring (bicyclic) bond motifs is 1. The summed E-state index contributed by atoms with van der Waals surface area (Å²) in [6.45, 7) is 0. The highest BCUT2D eigenvalue weighted by molar-refractivity contribution is 7.83. The number of nitrogens with zero attached hydrogens (tertiary/aromatic N) is 1. The monoisotopic (exact) mass is 286 g/mol. The highest BCUT2D eigenvalue weighted by atomic mass is 32.2. The lowest BCUT2D eigenvalue weighted by atomic mass is 10.1. The van der Waals surface area contributed by atoms with Gasteiger partial charge >= 0.3 is 0 Å². The average Bonchev–Trinajstić information content (AvgIpc) is 2.74. The molecular weight excluding hydrogens is 276 g/mol. The van der Waals surface area contributed by atoms with Gasteiger partial charge in [-0.15, -0.1) is 4.83 Å². The number of hydrazine groups is 1. The van der Waals surface area contributed by atoms with Crippen LogP contribution in [0.4, 0.5) is 0 Å². The summed E-state index contributed by atoms with van der Waals surface area (Å²) < 4.78 is 12.1. The Kier molecular flexibility index (Phi) is 3.17. The Balaban J connectivity index is 1.86. The molecule has 5 nitrogen and oxygen atoms in total. The Bertz CT molecular complexity index is 680. The van der Waals surface area contributed by atoms with Crippen molar-refractivity contribution >= 4 is 22.8 Å². The number of nitrogens with one attached hydrogen (secondary N) is 1. The standard InChI is InChI=1S/C14H10N2O3S/c17-13-11-8-4-5-9-12(11)14(18)16(13)15-20(19)10-6-2-1-3-7-10/h1-9,15H/t20-/m1/s1. The van der Waals surface area contributed by atoms with Crippen molar-refractivity contribution in [3.8, 4) is 0 Å². The molecule has 0 saturated carbocycles. The van der Waals surface area contributed by atoms with Gasteiger partial charge in [0.15, 0.2) is 0 Å². The Morgan fingerprint density at radius 1 is 0.800 bits per heavy atom. The lowest BCUT2D eigenvalue weighted by Crippen LogP contribution is -2.43. The summed E-state index contributed by atoms with van der Waals surface area (Å²) in [5.74, 6) is -0.982. The third-order valence-corrected chi connectivity index (χ3v) is 3.97. The van der Waals surface area contributed by atoms with E-state index in [1.165, 1.54) is 0 Å². The summed E-state index contributed by atoms with van der Waals surface area (Å²) in [5.41, 5.74) is 0.630. The lowest BCUT2D eigenvalue weighted by Gasteiger charge is -2.14. The number of hydrogen-bond donors (Lipinski definition) is 1. The fourth-order valence-corrected chi connectivity index (χ4v) is 2.79. The number of hydrogen-bond acceptors (Lipinski definition) is 3. The molecule has 3 rings (SSSR count). The number of benzene rings is 2. The Labute approximate surface area is 117 Å². The molecule has 2 aromatic carbocycles. The molecule has 100 valence electrons. The maximum Gasteiger partial charge on any atom is 0.276 e. The van der Waals surface area contributed by atoms with E-state index in [1.54, 1.807) is 54.6 Å². The predicted octanol–water partition coefficient (Wildman–Crippen LogP) is 1.51. The maximum atomic E-state index is 12.1. The van der Waals surface area contributed by atoms with Crippen molar-refractivity contribution in [1.29, 1.82) is 0 Å². The molecule has 0 spiro atoms. The second-order valence-corrected chi connectivity index (χ2v) is 5.36. The minimum atomic E-state index is -1.67. The third kappa shape index (κ3) is 2.04. The molecule has 0 saturated heterocycles. The summed E-state index contributed by atoms with van der Waals surface area (Å²) in [7, 11) is -1.67. The van der Waals surface area contributed by atoms with E-state index >= 15 is 0 Å². The second kappa shape index (κ2) is 4.99. The van der Waals surface area contributed by atoms with Crippen LogP contribution in [0.2, 0.25) is 0 Å². The lowest BCUT2D eigenvalue weighted by molar-refractivity contribution is 0.0622. The SMILES string of the molecule is O=C1c2ccccc2C(=O)N1N[S@](=O)c1ccccc1. The van der Waals surface area contributed by atoms with Crippen molar-refractivity contribution in [2.75, 3.05) is 0 Å². The van der Waals surface area contributed by atoms with Gasteiger partial charge in [-0.2, -0.15) is 5.01 Å². The van der Waals surface area contributed by atoms with Gasteiger partial charge in [0.05, 0.1) is 16.0 Å². The molecule has 1 aliphatic rings. The zero-order chi connectivity index (χ0) is 14.1. The highest BCUT2D eigenvalue weighted by Crippen LogP contribution is 2.21. The van der Waals surface area contributed by atoms with E-state index in [-0.39, 0.29) is 0 Å². The maximum absolute atomic E-state index is 12.1. The molecule has 1 atom stereocenters. The second-order valence-electron chi connectivity index (χ2n) is 4.16. The number of rotatable bonds is 3. The van der Waals surface area contributed by atoms with E-state index in [0.29, 0.717) is 16.0 Å². The van der Waals surface area contributed by atoms with Crippen LogP contribution in [0, 0.1) is 0 Å². The van der Waals surface area contributed by atoms with E-state index < -0.39 is 22.8 Å². The first kappa shape index (κ1) is 12.7. The van der Waals surface area contributed by atoms with Crippen molar-refractivity contribution in [1.82, 2.24) is 9.84 Å². The minimum absolute atomic E-state index is 0.315. The van der Waals surface area contributed by atoms with Gasteiger partial charge in [-0.05, 0) is 24.3 Å². The van der Waals surface area contributed by atoms with Gasteiger partial charge in [-0.3, -0.25) is 9.59 Å². The van der Waals surface area contributed by atoms with E-state index in [4.69, 9.17) is 0 Å². The van der Waals surface area contributed by atoms with Gasteiger partial charge in [0.2, 0.25) is 0 Å². The van der Waals surface area contributed by atoms with Crippen molar-refractivity contribution in [2.45, 2.75) is 4.90 Å². The highest BCUT2D eigenvalue weighted by Gasteiger charge is 2.36. The van der Waals surface area contributed by atoms with Gasteiger partial charge in [0, 0.05) is 0 Å². The molecule has 0 unspecified atom stereocenters. The Hall–Kier alpha value is -2.31. The summed E-state index contributed by atoms with van der Waals surface area (Å²) in [5, 5.41) is 0.799. The molecule has 1 aliphatic heterocycles. The summed E-state index contributed by atoms with van der Waals surface area (Å²) in [6, 6.07) is 15.1. The summed E-state index contributed by atoms with van der Waals surface area (Å²) in [4.78, 5) is 27.1. The Morgan fingerprint density at radius 2 is 1.30 bits per heavy atom. The quantitative estimate of drug-likeness (QED) is 0.870. The van der Waals surface area contributed by atoms with Crippen LogP contribution in [-0.2, 0) is 11.0 Å². The van der Waals surface area contributed by atoms with Crippen LogP contribution in [-0.4, -0.2) is 21.0 Å². The zero-order valence-corrected chi connectivity index (χ0v) is 11.1. The van der Waals surface area contributed by atoms with E-state index in [0.717, 1.165) is 5.01 Å². The predicted molar refractivity (Wildman–Crippen MR) is 72.9 cm³/mol. The number of imide groups is 1. The minimum Gasteiger partial charge on any atom is -0.267 e. The van der Waals surface area contributed by atoms with Crippen LogP contribution in [0.5, 0.6) is 0 Å². The van der Waals surface area contributed by atoms with Gasteiger partial charge in [-0.25, -0.2) is 4.21 Å². The number of amides is 2. The number of carbonyl (C=O) groups excluding carboxylic acids is 2. The van der Waals surface area contributed by atoms with Crippen molar-refractivity contribution in [3.05, 3.63) is 65.7 Å². The van der Waals surface area contributed by atoms with Crippen LogP contribution in [0.15, 0.2) is 59.5 Å². The van der Waals surface area contributed by atoms with E-state index in [2.05, 4.69) is 4.83 Å². The third-order valence-electron chi connectivity index (χ3n) is 2.93.